The fraction of sp³-hybridized carbons (Fsp3) is 0.0909. The van der Waals surface area contributed by atoms with E-state index in [1.165, 1.54) is 18.2 Å². The van der Waals surface area contributed by atoms with Gasteiger partial charge in [0, 0.05) is 23.3 Å². The minimum Gasteiger partial charge on any atom is -0.307 e. The van der Waals surface area contributed by atoms with E-state index < -0.39 is 4.92 Å². The van der Waals surface area contributed by atoms with Crippen molar-refractivity contribution in [3.8, 4) is 0 Å². The Balaban J connectivity index is 1.57. The number of hydrogen-bond acceptors (Lipinski definition) is 4. The zero-order valence-electron chi connectivity index (χ0n) is 15.7. The van der Waals surface area contributed by atoms with Gasteiger partial charge in [-0.1, -0.05) is 42.5 Å². The van der Waals surface area contributed by atoms with Gasteiger partial charge < -0.3 is 5.32 Å². The molecular formula is C22H18N4O3. The van der Waals surface area contributed by atoms with Crippen LogP contribution in [-0.2, 0) is 6.54 Å². The number of nitro benzene ring substituents is 1. The zero-order chi connectivity index (χ0) is 20.4. The topological polar surface area (TPSA) is 90.1 Å². The Bertz CT molecular complexity index is 1220. The second-order valence-corrected chi connectivity index (χ2v) is 6.72. The molecule has 0 unspecified atom stereocenters. The summed E-state index contributed by atoms with van der Waals surface area (Å²) in [6, 6.07) is 20.2. The van der Waals surface area contributed by atoms with Crippen LogP contribution in [0.1, 0.15) is 21.5 Å². The molecule has 0 bridgehead atoms. The van der Waals surface area contributed by atoms with Gasteiger partial charge in [0.15, 0.2) is 0 Å². The number of amides is 1. The lowest BCUT2D eigenvalue weighted by molar-refractivity contribution is -0.385. The first-order chi connectivity index (χ1) is 14.0. The maximum Gasteiger partial charge on any atom is 0.272 e. The van der Waals surface area contributed by atoms with Gasteiger partial charge in [0.1, 0.15) is 5.82 Å². The number of aryl methyl sites for hydroxylation is 1. The van der Waals surface area contributed by atoms with Crippen molar-refractivity contribution in [3.63, 3.8) is 0 Å². The lowest BCUT2D eigenvalue weighted by atomic mass is 10.0. The molecule has 29 heavy (non-hydrogen) atoms. The summed E-state index contributed by atoms with van der Waals surface area (Å²) in [5.74, 6) is 0.210. The number of nitrogens with one attached hydrogen (secondary N) is 1. The quantitative estimate of drug-likeness (QED) is 0.402. The smallest absolute Gasteiger partial charge is 0.272 e. The standard InChI is InChI=1S/C22H18N4O3/c1-15-13-17(9-10-20(15)26(28)29)22(27)24-21-11-12-23-25(21)14-18-7-4-6-16-5-2-3-8-19(16)18/h2-13H,14H2,1H3,(H,24,27). The minimum absolute atomic E-state index is 0.0115. The van der Waals surface area contributed by atoms with Gasteiger partial charge in [0.05, 0.1) is 17.7 Å². The van der Waals surface area contributed by atoms with Gasteiger partial charge >= 0.3 is 0 Å². The summed E-state index contributed by atoms with van der Waals surface area (Å²) < 4.78 is 1.72. The molecule has 0 spiro atoms. The van der Waals surface area contributed by atoms with Gasteiger partial charge in [-0.15, -0.1) is 0 Å². The fourth-order valence-corrected chi connectivity index (χ4v) is 3.35. The predicted octanol–water partition coefficient (Wildman–Crippen LogP) is 4.55. The Labute approximate surface area is 166 Å². The Morgan fingerprint density at radius 3 is 2.69 bits per heavy atom. The normalized spacial score (nSPS) is 10.8. The van der Waals surface area contributed by atoms with Crippen molar-refractivity contribution in [3.05, 3.63) is 99.7 Å². The number of benzene rings is 3. The maximum absolute atomic E-state index is 12.6. The van der Waals surface area contributed by atoms with E-state index in [-0.39, 0.29) is 11.6 Å². The van der Waals surface area contributed by atoms with Crippen molar-refractivity contribution >= 4 is 28.2 Å². The number of hydrogen-bond donors (Lipinski definition) is 1. The van der Waals surface area contributed by atoms with Crippen LogP contribution in [0.2, 0.25) is 0 Å². The van der Waals surface area contributed by atoms with Crippen LogP contribution in [0.15, 0.2) is 72.9 Å². The molecule has 144 valence electrons. The molecule has 4 rings (SSSR count). The molecule has 0 aliphatic heterocycles. The van der Waals surface area contributed by atoms with E-state index in [4.69, 9.17) is 0 Å². The first kappa shape index (κ1) is 18.4. The second kappa shape index (κ2) is 7.55. The lowest BCUT2D eigenvalue weighted by Gasteiger charge is -2.11. The van der Waals surface area contributed by atoms with Crippen molar-refractivity contribution in [2.45, 2.75) is 13.5 Å². The fourth-order valence-electron chi connectivity index (χ4n) is 3.35. The summed E-state index contributed by atoms with van der Waals surface area (Å²) in [7, 11) is 0. The number of carbonyl (C=O) groups is 1. The summed E-state index contributed by atoms with van der Waals surface area (Å²) in [4.78, 5) is 23.1. The Kier molecular flexibility index (Phi) is 4.78. The molecule has 0 saturated heterocycles. The van der Waals surface area contributed by atoms with Crippen molar-refractivity contribution in [2.24, 2.45) is 0 Å². The van der Waals surface area contributed by atoms with E-state index >= 15 is 0 Å². The number of aromatic nitrogens is 2. The van der Waals surface area contributed by atoms with Crippen LogP contribution in [0.3, 0.4) is 0 Å². The van der Waals surface area contributed by atoms with Crippen LogP contribution in [0, 0.1) is 17.0 Å². The second-order valence-electron chi connectivity index (χ2n) is 6.72. The van der Waals surface area contributed by atoms with Gasteiger partial charge in [0.2, 0.25) is 0 Å². The summed E-state index contributed by atoms with van der Waals surface area (Å²) in [5.41, 5.74) is 1.87. The Morgan fingerprint density at radius 1 is 1.10 bits per heavy atom. The van der Waals surface area contributed by atoms with E-state index in [0.717, 1.165) is 16.3 Å². The summed E-state index contributed by atoms with van der Waals surface area (Å²) in [6.45, 7) is 2.11. The molecule has 0 saturated carbocycles. The monoisotopic (exact) mass is 386 g/mol. The number of carbonyl (C=O) groups excluding carboxylic acids is 1. The highest BCUT2D eigenvalue weighted by atomic mass is 16.6. The van der Waals surface area contributed by atoms with Gasteiger partial charge in [-0.3, -0.25) is 14.9 Å². The molecule has 0 atom stereocenters. The van der Waals surface area contributed by atoms with Gasteiger partial charge in [-0.2, -0.15) is 5.10 Å². The molecular weight excluding hydrogens is 368 g/mol. The first-order valence-electron chi connectivity index (χ1n) is 9.08. The van der Waals surface area contributed by atoms with E-state index in [9.17, 15) is 14.9 Å². The highest BCUT2D eigenvalue weighted by Crippen LogP contribution is 2.22. The van der Waals surface area contributed by atoms with Gasteiger partial charge in [-0.05, 0) is 35.4 Å². The van der Waals surface area contributed by atoms with Crippen LogP contribution in [0.25, 0.3) is 10.8 Å². The average Bonchev–Trinajstić information content (AvgIpc) is 3.14. The molecule has 0 radical (unpaired) electrons. The maximum atomic E-state index is 12.6. The van der Waals surface area contributed by atoms with Crippen LogP contribution in [0.4, 0.5) is 11.5 Å². The van der Waals surface area contributed by atoms with Crippen LogP contribution >= 0.6 is 0 Å². The van der Waals surface area contributed by atoms with E-state index in [1.807, 2.05) is 24.3 Å². The summed E-state index contributed by atoms with van der Waals surface area (Å²) >= 11 is 0. The average molecular weight is 386 g/mol. The summed E-state index contributed by atoms with van der Waals surface area (Å²) in [6.07, 6.45) is 1.63. The largest absolute Gasteiger partial charge is 0.307 e. The van der Waals surface area contributed by atoms with Crippen molar-refractivity contribution < 1.29 is 9.72 Å². The molecule has 4 aromatic rings. The van der Waals surface area contributed by atoms with Crippen molar-refractivity contribution in [2.75, 3.05) is 5.32 Å². The molecule has 7 nitrogen and oxygen atoms in total. The van der Waals surface area contributed by atoms with E-state index in [2.05, 4.69) is 28.6 Å². The third kappa shape index (κ3) is 3.70. The lowest BCUT2D eigenvalue weighted by Crippen LogP contribution is -2.16. The van der Waals surface area contributed by atoms with E-state index in [0.29, 0.717) is 23.5 Å². The number of nitro groups is 1. The highest BCUT2D eigenvalue weighted by Gasteiger charge is 2.15. The number of fused-ring (bicyclic) bond motifs is 1. The van der Waals surface area contributed by atoms with E-state index in [1.54, 1.807) is 23.9 Å². The van der Waals surface area contributed by atoms with Gasteiger partial charge in [0.25, 0.3) is 11.6 Å². The molecule has 1 N–H and O–H groups in total. The van der Waals surface area contributed by atoms with Gasteiger partial charge in [-0.25, -0.2) is 4.68 Å². The molecule has 1 amide bonds. The Morgan fingerprint density at radius 2 is 1.90 bits per heavy atom. The first-order valence-corrected chi connectivity index (χ1v) is 9.08. The number of rotatable bonds is 5. The minimum atomic E-state index is -0.462. The molecule has 0 fully saturated rings. The molecule has 1 aromatic heterocycles. The van der Waals surface area contributed by atoms with Crippen LogP contribution < -0.4 is 5.32 Å². The molecule has 7 heteroatoms. The third-order valence-electron chi connectivity index (χ3n) is 4.81. The molecule has 0 aliphatic carbocycles. The van der Waals surface area contributed by atoms with Crippen LogP contribution in [0.5, 0.6) is 0 Å². The Hall–Kier alpha value is -4.00. The predicted molar refractivity (Wildman–Crippen MR) is 111 cm³/mol. The number of nitrogens with zero attached hydrogens (tertiary/aromatic N) is 3. The molecule has 3 aromatic carbocycles. The number of anilines is 1. The third-order valence-corrected chi connectivity index (χ3v) is 4.81. The molecule has 1 heterocycles. The zero-order valence-corrected chi connectivity index (χ0v) is 15.7. The summed E-state index contributed by atoms with van der Waals surface area (Å²) in [5, 5.41) is 20.4. The highest BCUT2D eigenvalue weighted by molar-refractivity contribution is 6.04. The van der Waals surface area contributed by atoms with Crippen molar-refractivity contribution in [1.82, 2.24) is 9.78 Å². The van der Waals surface area contributed by atoms with Crippen molar-refractivity contribution in [1.29, 1.82) is 0 Å². The molecule has 0 aliphatic rings. The van der Waals surface area contributed by atoms with Crippen LogP contribution in [-0.4, -0.2) is 20.6 Å². The SMILES string of the molecule is Cc1cc(C(=O)Nc2ccnn2Cc2cccc3ccccc23)ccc1[N+](=O)[O-].